The van der Waals surface area contributed by atoms with Crippen LogP contribution in [0, 0.1) is 19.3 Å². The summed E-state index contributed by atoms with van der Waals surface area (Å²) >= 11 is 0. The van der Waals surface area contributed by atoms with E-state index in [2.05, 4.69) is 4.90 Å². The lowest BCUT2D eigenvalue weighted by Crippen LogP contribution is -2.74. The fourth-order valence-corrected chi connectivity index (χ4v) is 6.30. The van der Waals surface area contributed by atoms with E-state index < -0.39 is 10.0 Å². The molecule has 0 aromatic heterocycles. The average Bonchev–Trinajstić information content (AvgIpc) is 2.44. The van der Waals surface area contributed by atoms with Gasteiger partial charge in [-0.1, -0.05) is 17.7 Å². The highest BCUT2D eigenvalue weighted by atomic mass is 32.2. The SMILES string of the molecule is Cc1ccc(S(=O)(=O)N2CC3(CN(C4CCOCC4)C3)C2)c(C)c1. The number of sulfonamides is 1. The topological polar surface area (TPSA) is 49.9 Å². The highest BCUT2D eigenvalue weighted by molar-refractivity contribution is 7.89. The smallest absolute Gasteiger partial charge is 0.243 e. The van der Waals surface area contributed by atoms with Crippen molar-refractivity contribution in [1.82, 2.24) is 9.21 Å². The van der Waals surface area contributed by atoms with Crippen molar-refractivity contribution in [3.05, 3.63) is 29.3 Å². The first-order valence-corrected chi connectivity index (χ1v) is 10.2. The minimum atomic E-state index is -3.34. The summed E-state index contributed by atoms with van der Waals surface area (Å²) in [7, 11) is -3.34. The maximum Gasteiger partial charge on any atom is 0.243 e. The predicted molar refractivity (Wildman–Crippen MR) is 92.5 cm³/mol. The van der Waals surface area contributed by atoms with Crippen LogP contribution < -0.4 is 0 Å². The molecule has 24 heavy (non-hydrogen) atoms. The normalized spacial score (nSPS) is 25.4. The van der Waals surface area contributed by atoms with E-state index in [0.29, 0.717) is 24.0 Å². The second-order valence-corrected chi connectivity index (χ2v) is 9.70. The summed E-state index contributed by atoms with van der Waals surface area (Å²) in [5, 5.41) is 0. The van der Waals surface area contributed by atoms with Crippen molar-refractivity contribution in [2.45, 2.75) is 37.6 Å². The molecule has 3 aliphatic rings. The van der Waals surface area contributed by atoms with Gasteiger partial charge in [-0.2, -0.15) is 4.31 Å². The quantitative estimate of drug-likeness (QED) is 0.834. The van der Waals surface area contributed by atoms with Gasteiger partial charge in [0.1, 0.15) is 0 Å². The second-order valence-electron chi connectivity index (χ2n) is 7.79. The third-order valence-electron chi connectivity index (χ3n) is 5.76. The summed E-state index contributed by atoms with van der Waals surface area (Å²) in [5.41, 5.74) is 2.13. The molecule has 5 nitrogen and oxygen atoms in total. The molecule has 3 heterocycles. The minimum absolute atomic E-state index is 0.198. The standard InChI is InChI=1S/C18H26N2O3S/c1-14-3-4-17(15(2)9-14)24(21,22)20-12-18(13-20)10-19(11-18)16-5-7-23-8-6-16/h3-4,9,16H,5-8,10-13H2,1-2H3. The molecule has 132 valence electrons. The van der Waals surface area contributed by atoms with Crippen LogP contribution in [0.4, 0.5) is 0 Å². The molecule has 0 aliphatic carbocycles. The number of ether oxygens (including phenoxy) is 1. The Balaban J connectivity index is 1.39. The van der Waals surface area contributed by atoms with E-state index >= 15 is 0 Å². The van der Waals surface area contributed by atoms with Gasteiger partial charge in [0, 0.05) is 50.8 Å². The molecule has 0 N–H and O–H groups in total. The van der Waals surface area contributed by atoms with Gasteiger partial charge < -0.3 is 4.74 Å². The summed E-state index contributed by atoms with van der Waals surface area (Å²) in [6.07, 6.45) is 2.22. The van der Waals surface area contributed by atoms with Gasteiger partial charge in [0.05, 0.1) is 4.90 Å². The average molecular weight is 350 g/mol. The maximum absolute atomic E-state index is 12.9. The first kappa shape index (κ1) is 16.5. The number of nitrogens with zero attached hydrogens (tertiary/aromatic N) is 2. The van der Waals surface area contributed by atoms with Crippen LogP contribution in [0.5, 0.6) is 0 Å². The molecule has 0 radical (unpaired) electrons. The van der Waals surface area contributed by atoms with Crippen LogP contribution in [-0.4, -0.2) is 63.1 Å². The van der Waals surface area contributed by atoms with Gasteiger partial charge in [-0.15, -0.1) is 0 Å². The highest BCUT2D eigenvalue weighted by Crippen LogP contribution is 2.44. The van der Waals surface area contributed by atoms with Crippen LogP contribution in [0.25, 0.3) is 0 Å². The number of benzene rings is 1. The van der Waals surface area contributed by atoms with E-state index in [1.165, 1.54) is 0 Å². The van der Waals surface area contributed by atoms with Gasteiger partial charge in [-0.25, -0.2) is 8.42 Å². The molecule has 1 spiro atoms. The zero-order valence-electron chi connectivity index (χ0n) is 14.5. The molecule has 0 unspecified atom stereocenters. The Labute approximate surface area is 144 Å². The number of rotatable bonds is 3. The minimum Gasteiger partial charge on any atom is -0.381 e. The number of hydrogen-bond acceptors (Lipinski definition) is 4. The monoisotopic (exact) mass is 350 g/mol. The Kier molecular flexibility index (Phi) is 3.99. The first-order valence-electron chi connectivity index (χ1n) is 8.79. The largest absolute Gasteiger partial charge is 0.381 e. The van der Waals surface area contributed by atoms with E-state index in [0.717, 1.165) is 50.3 Å². The van der Waals surface area contributed by atoms with Crippen molar-refractivity contribution in [3.63, 3.8) is 0 Å². The van der Waals surface area contributed by atoms with Crippen molar-refractivity contribution < 1.29 is 13.2 Å². The highest BCUT2D eigenvalue weighted by Gasteiger charge is 2.56. The molecule has 0 amide bonds. The van der Waals surface area contributed by atoms with Gasteiger partial charge in [0.15, 0.2) is 0 Å². The number of hydrogen-bond donors (Lipinski definition) is 0. The third-order valence-corrected chi connectivity index (χ3v) is 7.71. The summed E-state index contributed by atoms with van der Waals surface area (Å²) in [6, 6.07) is 6.21. The van der Waals surface area contributed by atoms with Crippen molar-refractivity contribution in [2.75, 3.05) is 39.4 Å². The molecule has 6 heteroatoms. The van der Waals surface area contributed by atoms with Crippen LogP contribution in [0.2, 0.25) is 0 Å². The molecule has 3 fully saturated rings. The third kappa shape index (κ3) is 2.69. The Morgan fingerprint density at radius 3 is 2.38 bits per heavy atom. The Morgan fingerprint density at radius 1 is 1.08 bits per heavy atom. The Bertz CT molecular complexity index is 727. The van der Waals surface area contributed by atoms with Crippen LogP contribution in [0.1, 0.15) is 24.0 Å². The molecule has 0 saturated carbocycles. The zero-order valence-corrected chi connectivity index (χ0v) is 15.3. The summed E-state index contributed by atoms with van der Waals surface area (Å²) in [4.78, 5) is 2.98. The first-order chi connectivity index (χ1) is 11.4. The molecule has 0 atom stereocenters. The van der Waals surface area contributed by atoms with Crippen molar-refractivity contribution >= 4 is 10.0 Å². The molecule has 1 aromatic carbocycles. The fraction of sp³-hybridized carbons (Fsp3) is 0.667. The molecule has 0 bridgehead atoms. The molecule has 4 rings (SSSR count). The Morgan fingerprint density at radius 2 is 1.75 bits per heavy atom. The lowest BCUT2D eigenvalue weighted by Gasteiger charge is -2.61. The molecular weight excluding hydrogens is 324 g/mol. The molecule has 3 aliphatic heterocycles. The predicted octanol–water partition coefficient (Wildman–Crippen LogP) is 1.79. The van der Waals surface area contributed by atoms with E-state index in [1.807, 2.05) is 26.0 Å². The number of aryl methyl sites for hydroxylation is 2. The summed E-state index contributed by atoms with van der Waals surface area (Å²) in [6.45, 7) is 9.01. The van der Waals surface area contributed by atoms with Crippen LogP contribution in [-0.2, 0) is 14.8 Å². The van der Waals surface area contributed by atoms with Crippen molar-refractivity contribution in [2.24, 2.45) is 5.41 Å². The fourth-order valence-electron chi connectivity index (χ4n) is 4.42. The summed E-state index contributed by atoms with van der Waals surface area (Å²) < 4.78 is 32.8. The van der Waals surface area contributed by atoms with Crippen molar-refractivity contribution in [1.29, 1.82) is 0 Å². The van der Waals surface area contributed by atoms with Gasteiger partial charge >= 0.3 is 0 Å². The van der Waals surface area contributed by atoms with Crippen LogP contribution in [0.3, 0.4) is 0 Å². The van der Waals surface area contributed by atoms with Crippen molar-refractivity contribution in [3.8, 4) is 0 Å². The number of likely N-dealkylation sites (tertiary alicyclic amines) is 1. The van der Waals surface area contributed by atoms with Gasteiger partial charge in [-0.3, -0.25) is 4.90 Å². The Hall–Kier alpha value is -0.950. The second kappa shape index (κ2) is 5.80. The maximum atomic E-state index is 12.9. The molecular formula is C18H26N2O3S. The zero-order chi connectivity index (χ0) is 16.9. The summed E-state index contributed by atoms with van der Waals surface area (Å²) in [5.74, 6) is 0. The molecule has 3 saturated heterocycles. The van der Waals surface area contributed by atoms with E-state index in [9.17, 15) is 8.42 Å². The van der Waals surface area contributed by atoms with E-state index in [1.54, 1.807) is 10.4 Å². The lowest BCUT2D eigenvalue weighted by molar-refractivity contribution is -0.116. The van der Waals surface area contributed by atoms with Gasteiger partial charge in [0.2, 0.25) is 10.0 Å². The van der Waals surface area contributed by atoms with E-state index in [-0.39, 0.29) is 5.41 Å². The van der Waals surface area contributed by atoms with E-state index in [4.69, 9.17) is 4.74 Å². The van der Waals surface area contributed by atoms with Gasteiger partial charge in [-0.05, 0) is 38.3 Å². The van der Waals surface area contributed by atoms with Crippen LogP contribution in [0.15, 0.2) is 23.1 Å². The van der Waals surface area contributed by atoms with Gasteiger partial charge in [0.25, 0.3) is 0 Å². The lowest BCUT2D eigenvalue weighted by atomic mass is 9.73. The van der Waals surface area contributed by atoms with Crippen LogP contribution >= 0.6 is 0 Å². The molecule has 1 aromatic rings.